The average Bonchev–Trinajstić information content (AvgIpc) is 3.87. The number of aromatic hydroxyl groups is 1. The molecule has 0 bridgehead atoms. The van der Waals surface area contributed by atoms with Crippen LogP contribution in [-0.4, -0.2) is 166 Å². The SMILES string of the molecule is CC(=O)O.NCCCC[C@H](NC(=O)[C@@H]1CCCN1C(=O)[C@@H]1CSSC[C@H](N)C(=O)N[C@@H](Cc2ccc(O)cc2)C(=O)N[C@@H](Cc2ccccc2)C(=O)NC(CCC(N)=O)C(=O)N[C@@H](CC(N)=O)C(=O)N1)C(=O)NCC(N)=O. The molecule has 77 heavy (non-hydrogen) atoms. The third-order valence-corrected chi connectivity index (χ3v) is 14.1. The lowest BCUT2D eigenvalue weighted by molar-refractivity contribution is -0.142. The molecule has 8 atom stereocenters. The molecule has 0 saturated carbocycles. The third-order valence-electron chi connectivity index (χ3n) is 11.6. The fraction of sp³-hybridized carbons (Fsp3) is 0.500. The zero-order valence-corrected chi connectivity index (χ0v) is 44.0. The van der Waals surface area contributed by atoms with Gasteiger partial charge in [-0.2, -0.15) is 0 Å². The van der Waals surface area contributed by atoms with E-state index in [1.54, 1.807) is 30.3 Å². The van der Waals surface area contributed by atoms with E-state index in [0.717, 1.165) is 28.5 Å². The van der Waals surface area contributed by atoms with Crippen LogP contribution in [0.1, 0.15) is 69.4 Å². The largest absolute Gasteiger partial charge is 0.508 e. The van der Waals surface area contributed by atoms with Gasteiger partial charge in [0.2, 0.25) is 65.0 Å². The normalized spacial score (nSPS) is 22.1. The number of hydrogen-bond donors (Lipinski definition) is 14. The van der Waals surface area contributed by atoms with E-state index >= 15 is 0 Å². The van der Waals surface area contributed by atoms with Gasteiger partial charge in [0.1, 0.15) is 48.0 Å². The molecule has 0 aromatic heterocycles. The summed E-state index contributed by atoms with van der Waals surface area (Å²) < 4.78 is 0. The summed E-state index contributed by atoms with van der Waals surface area (Å²) in [7, 11) is 2.02. The van der Waals surface area contributed by atoms with Crippen molar-refractivity contribution in [3.05, 3.63) is 65.7 Å². The highest BCUT2D eigenvalue weighted by Crippen LogP contribution is 2.26. The highest BCUT2D eigenvalue weighted by molar-refractivity contribution is 8.76. The first-order chi connectivity index (χ1) is 36.5. The lowest BCUT2D eigenvalue weighted by Crippen LogP contribution is -2.61. The number of nitrogens with one attached hydrogen (secondary N) is 7. The minimum Gasteiger partial charge on any atom is -0.508 e. The average molecular weight is 1120 g/mol. The third kappa shape index (κ3) is 23.1. The maximum Gasteiger partial charge on any atom is 0.300 e. The number of nitrogens with zero attached hydrogens (tertiary/aromatic N) is 1. The van der Waals surface area contributed by atoms with Crippen molar-refractivity contribution >= 4 is 92.5 Å². The van der Waals surface area contributed by atoms with Gasteiger partial charge < -0.3 is 81.0 Å². The Morgan fingerprint density at radius 2 is 1.26 bits per heavy atom. The van der Waals surface area contributed by atoms with Crippen molar-refractivity contribution in [3.8, 4) is 5.75 Å². The number of phenols is 1. The van der Waals surface area contributed by atoms with E-state index in [4.69, 9.17) is 38.6 Å². The smallest absolute Gasteiger partial charge is 0.300 e. The number of aliphatic carboxylic acids is 1. The highest BCUT2D eigenvalue weighted by atomic mass is 33.1. The Hall–Kier alpha value is -7.50. The van der Waals surface area contributed by atoms with Gasteiger partial charge in [0, 0.05) is 44.2 Å². The van der Waals surface area contributed by atoms with Crippen LogP contribution in [0.4, 0.5) is 0 Å². The molecule has 0 spiro atoms. The maximum absolute atomic E-state index is 14.6. The number of nitrogens with two attached hydrogens (primary N) is 5. The second-order valence-corrected chi connectivity index (χ2v) is 20.5. The van der Waals surface area contributed by atoms with Crippen LogP contribution in [-0.2, 0) is 70.4 Å². The number of carbonyl (C=O) groups excluding carboxylic acids is 11. The van der Waals surface area contributed by atoms with Crippen molar-refractivity contribution in [1.29, 1.82) is 0 Å². The molecule has 0 aliphatic carbocycles. The molecule has 2 saturated heterocycles. The van der Waals surface area contributed by atoms with Crippen molar-refractivity contribution in [2.45, 2.75) is 119 Å². The maximum atomic E-state index is 14.6. The Bertz CT molecular complexity index is 2400. The molecule has 2 aromatic carbocycles. The number of likely N-dealkylation sites (tertiary alicyclic amines) is 1. The predicted molar refractivity (Wildman–Crippen MR) is 282 cm³/mol. The zero-order valence-electron chi connectivity index (χ0n) is 42.4. The minimum absolute atomic E-state index is 0.0324. The quantitative estimate of drug-likeness (QED) is 0.0468. The summed E-state index contributed by atoms with van der Waals surface area (Å²) in [6, 6.07) is 3.09. The molecule has 4 rings (SSSR count). The van der Waals surface area contributed by atoms with Gasteiger partial charge in [0.15, 0.2) is 0 Å². The van der Waals surface area contributed by atoms with Crippen molar-refractivity contribution in [3.63, 3.8) is 0 Å². The monoisotopic (exact) mass is 1120 g/mol. The Kier molecular flexibility index (Phi) is 27.2. The van der Waals surface area contributed by atoms with Gasteiger partial charge in [0.25, 0.3) is 5.97 Å². The Balaban J connectivity index is 0.00000376. The Morgan fingerprint density at radius 1 is 0.714 bits per heavy atom. The molecule has 0 radical (unpaired) electrons. The number of carbonyl (C=O) groups is 12. The lowest BCUT2D eigenvalue weighted by Gasteiger charge is -2.31. The number of carboxylic acid groups (broad SMARTS) is 1. The molecule has 2 fully saturated rings. The van der Waals surface area contributed by atoms with E-state index < -0.39 is 145 Å². The molecule has 2 aliphatic heterocycles. The molecule has 27 nitrogen and oxygen atoms in total. The van der Waals surface area contributed by atoms with Crippen molar-refractivity contribution < 1.29 is 67.7 Å². The first-order valence-electron chi connectivity index (χ1n) is 24.5. The molecule has 422 valence electrons. The van der Waals surface area contributed by atoms with Crippen LogP contribution in [0.2, 0.25) is 0 Å². The van der Waals surface area contributed by atoms with E-state index in [9.17, 15) is 57.8 Å². The molecule has 2 aliphatic rings. The second kappa shape index (κ2) is 32.8. The van der Waals surface area contributed by atoms with Crippen LogP contribution in [0, 0.1) is 0 Å². The highest BCUT2D eigenvalue weighted by Gasteiger charge is 2.40. The van der Waals surface area contributed by atoms with Crippen LogP contribution in [0.3, 0.4) is 0 Å². The van der Waals surface area contributed by atoms with Crippen LogP contribution >= 0.6 is 21.6 Å². The van der Waals surface area contributed by atoms with E-state index in [1.165, 1.54) is 29.2 Å². The topological polar surface area (TPSA) is 463 Å². The van der Waals surface area contributed by atoms with E-state index in [2.05, 4.69) is 37.2 Å². The van der Waals surface area contributed by atoms with Crippen LogP contribution in [0.15, 0.2) is 54.6 Å². The first-order valence-corrected chi connectivity index (χ1v) is 26.9. The molecule has 29 heteroatoms. The van der Waals surface area contributed by atoms with Gasteiger partial charge in [-0.15, -0.1) is 0 Å². The summed E-state index contributed by atoms with van der Waals surface area (Å²) in [5, 5.41) is 35.2. The summed E-state index contributed by atoms with van der Waals surface area (Å²) in [5.74, 6) is -10.8. The first kappa shape index (κ1) is 63.8. The van der Waals surface area contributed by atoms with Gasteiger partial charge in [-0.25, -0.2) is 0 Å². The molecule has 19 N–H and O–H groups in total. The fourth-order valence-electron chi connectivity index (χ4n) is 7.79. The van der Waals surface area contributed by atoms with Gasteiger partial charge >= 0.3 is 0 Å². The molecular weight excluding hydrogens is 1050 g/mol. The van der Waals surface area contributed by atoms with Gasteiger partial charge in [-0.1, -0.05) is 64.1 Å². The molecule has 11 amide bonds. The summed E-state index contributed by atoms with van der Waals surface area (Å²) in [4.78, 5) is 158. The second-order valence-electron chi connectivity index (χ2n) is 18.0. The van der Waals surface area contributed by atoms with Crippen molar-refractivity contribution in [2.75, 3.05) is 31.1 Å². The van der Waals surface area contributed by atoms with Crippen LogP contribution in [0.5, 0.6) is 5.75 Å². The van der Waals surface area contributed by atoms with Crippen molar-refractivity contribution in [2.24, 2.45) is 28.7 Å². The zero-order chi connectivity index (χ0) is 57.2. The van der Waals surface area contributed by atoms with Gasteiger partial charge in [-0.05, 0) is 68.3 Å². The number of phenolic OH excluding ortho intramolecular Hbond substituents is 1. The number of amides is 11. The van der Waals surface area contributed by atoms with Crippen LogP contribution < -0.4 is 65.9 Å². The number of hydrogen-bond acceptors (Lipinski definition) is 17. The van der Waals surface area contributed by atoms with Gasteiger partial charge in [-0.3, -0.25) is 57.5 Å². The number of benzene rings is 2. The molecular formula is C48H69N13O14S2. The molecule has 2 heterocycles. The number of unbranched alkanes of at least 4 members (excludes halogenated alkanes) is 1. The van der Waals surface area contributed by atoms with E-state index in [1.807, 2.05) is 0 Å². The van der Waals surface area contributed by atoms with E-state index in [-0.39, 0.29) is 49.5 Å². The summed E-state index contributed by atoms with van der Waals surface area (Å²) in [6.45, 7) is 0.936. The lowest BCUT2D eigenvalue weighted by atomic mass is 10.0. The molecule has 2 aromatic rings. The Morgan fingerprint density at radius 3 is 1.84 bits per heavy atom. The van der Waals surface area contributed by atoms with Crippen molar-refractivity contribution in [1.82, 2.24) is 42.1 Å². The van der Waals surface area contributed by atoms with E-state index in [0.29, 0.717) is 36.9 Å². The van der Waals surface area contributed by atoms with Crippen LogP contribution in [0.25, 0.3) is 0 Å². The number of rotatable bonds is 19. The summed E-state index contributed by atoms with van der Waals surface area (Å²) in [5.41, 5.74) is 29.2. The minimum atomic E-state index is -1.78. The van der Waals surface area contributed by atoms with Gasteiger partial charge in [0.05, 0.1) is 19.0 Å². The Labute approximate surface area is 451 Å². The standard InChI is InChI=1S/C46H65N13O12S2.C2H4O2/c47-17-5-4-9-29(40(65)52-22-38(51)63)54-45(70)35-10-6-18-59(35)46(71)34-24-73-72-23-28(48)39(64)55-31(20-26-11-13-27(60)14-12-26)43(68)56-32(19-25-7-2-1-3-8-25)42(67)53-30(15-16-36(49)61)41(66)57-33(21-37(50)62)44(69)58-34;1-2(3)4/h1-3,7-8,11-14,28-35,60H,4-6,9-10,15-24,47-48H2,(H2,49,61)(H2,50,62)(H2,51,63)(H,52,65)(H,53,67)(H,54,70)(H,55,64)(H,56,68)(H,57,66)(H,58,69);1H3,(H,3,4)/t28-,29-,30?,31-,32-,33-,34-,35-;/m0./s1. The molecule has 1 unspecified atom stereocenters. The summed E-state index contributed by atoms with van der Waals surface area (Å²) >= 11 is 0. The number of carboxylic acids is 1. The summed E-state index contributed by atoms with van der Waals surface area (Å²) in [6.07, 6.45) is -0.386. The number of primary amides is 3. The fourth-order valence-corrected chi connectivity index (χ4v) is 10.1. The predicted octanol–water partition coefficient (Wildman–Crippen LogP) is -4.24.